The lowest BCUT2D eigenvalue weighted by molar-refractivity contribution is 0.223. The van der Waals surface area contributed by atoms with Crippen LogP contribution >= 0.6 is 0 Å². The van der Waals surface area contributed by atoms with Crippen molar-refractivity contribution in [3.05, 3.63) is 0 Å². The van der Waals surface area contributed by atoms with Gasteiger partial charge in [-0.3, -0.25) is 0 Å². The Balaban J connectivity index is 1.90. The molecule has 1 saturated heterocycles. The minimum atomic E-state index is 0.166. The van der Waals surface area contributed by atoms with Gasteiger partial charge < -0.3 is 20.7 Å². The average Bonchev–Trinajstić information content (AvgIpc) is 2.38. The second-order valence-corrected chi connectivity index (χ2v) is 4.91. The van der Waals surface area contributed by atoms with E-state index in [9.17, 15) is 0 Å². The van der Waals surface area contributed by atoms with E-state index in [4.69, 9.17) is 10.5 Å². The minimum absolute atomic E-state index is 0.166. The van der Waals surface area contributed by atoms with E-state index in [1.807, 2.05) is 0 Å². The zero-order valence-electron chi connectivity index (χ0n) is 11.6. The number of likely N-dealkylation sites (tertiary alicyclic amines) is 1. The topological polar surface area (TPSA) is 89.2 Å². The van der Waals surface area contributed by atoms with Crippen molar-refractivity contribution in [3.8, 4) is 6.01 Å². The number of rotatable bonds is 5. The number of aromatic nitrogens is 3. The van der Waals surface area contributed by atoms with Crippen LogP contribution in [0.4, 0.5) is 11.9 Å². The Labute approximate surface area is 113 Å². The molecule has 0 aliphatic carbocycles. The zero-order chi connectivity index (χ0) is 13.7. The lowest BCUT2D eigenvalue weighted by atomic mass is 10.1. The van der Waals surface area contributed by atoms with Crippen LogP contribution in [0, 0.1) is 0 Å². The lowest BCUT2D eigenvalue weighted by Gasteiger charge is -2.29. The number of anilines is 2. The Kier molecular flexibility index (Phi) is 4.73. The molecule has 1 aromatic rings. The van der Waals surface area contributed by atoms with Gasteiger partial charge in [0.25, 0.3) is 0 Å². The number of hydrogen-bond acceptors (Lipinski definition) is 7. The van der Waals surface area contributed by atoms with Crippen molar-refractivity contribution in [3.63, 3.8) is 0 Å². The molecule has 1 fully saturated rings. The van der Waals surface area contributed by atoms with Crippen molar-refractivity contribution in [2.45, 2.75) is 32.2 Å². The predicted molar refractivity (Wildman–Crippen MR) is 74.2 cm³/mol. The number of nitrogens with zero attached hydrogens (tertiary/aromatic N) is 4. The van der Waals surface area contributed by atoms with E-state index in [-0.39, 0.29) is 18.0 Å². The number of hydrogen-bond donors (Lipinski definition) is 2. The predicted octanol–water partition coefficient (Wildman–Crippen LogP) is 0.749. The molecule has 1 aliphatic rings. The second-order valence-electron chi connectivity index (χ2n) is 4.91. The van der Waals surface area contributed by atoms with Crippen molar-refractivity contribution in [1.82, 2.24) is 19.9 Å². The smallest absolute Gasteiger partial charge is 0.322 e. The molecule has 19 heavy (non-hydrogen) atoms. The van der Waals surface area contributed by atoms with E-state index in [1.54, 1.807) is 0 Å². The summed E-state index contributed by atoms with van der Waals surface area (Å²) in [5, 5.41) is 3.24. The molecular formula is C12H22N6O. The number of methoxy groups -OCH3 is 1. The largest absolute Gasteiger partial charge is 0.467 e. The van der Waals surface area contributed by atoms with Crippen LogP contribution in [0.2, 0.25) is 0 Å². The van der Waals surface area contributed by atoms with Gasteiger partial charge in [-0.2, -0.15) is 15.0 Å². The molecule has 3 N–H and O–H groups in total. The Morgan fingerprint density at radius 2 is 2.00 bits per heavy atom. The number of ether oxygens (including phenoxy) is 1. The first-order chi connectivity index (χ1) is 9.17. The maximum atomic E-state index is 5.60. The van der Waals surface area contributed by atoms with Gasteiger partial charge in [-0.05, 0) is 32.9 Å². The number of piperidine rings is 1. The first-order valence-electron chi connectivity index (χ1n) is 6.72. The van der Waals surface area contributed by atoms with Gasteiger partial charge in [0.1, 0.15) is 0 Å². The van der Waals surface area contributed by atoms with Gasteiger partial charge in [-0.1, -0.05) is 6.42 Å². The summed E-state index contributed by atoms with van der Waals surface area (Å²) in [4.78, 5) is 14.5. The van der Waals surface area contributed by atoms with Crippen molar-refractivity contribution >= 4 is 11.9 Å². The number of nitrogens with one attached hydrogen (secondary N) is 1. The highest BCUT2D eigenvalue weighted by atomic mass is 16.5. The zero-order valence-corrected chi connectivity index (χ0v) is 11.6. The average molecular weight is 266 g/mol. The Morgan fingerprint density at radius 1 is 1.26 bits per heavy atom. The van der Waals surface area contributed by atoms with Gasteiger partial charge in [0.2, 0.25) is 11.9 Å². The molecule has 2 rings (SSSR count). The van der Waals surface area contributed by atoms with Crippen LogP contribution in [0.1, 0.15) is 26.2 Å². The van der Waals surface area contributed by atoms with Crippen LogP contribution in [-0.2, 0) is 0 Å². The molecule has 2 heterocycles. The van der Waals surface area contributed by atoms with Gasteiger partial charge in [0, 0.05) is 12.6 Å². The highest BCUT2D eigenvalue weighted by molar-refractivity contribution is 5.33. The number of nitrogens with two attached hydrogens (primary N) is 1. The van der Waals surface area contributed by atoms with Gasteiger partial charge >= 0.3 is 6.01 Å². The van der Waals surface area contributed by atoms with Gasteiger partial charge in [0.15, 0.2) is 0 Å². The molecule has 7 heteroatoms. The van der Waals surface area contributed by atoms with E-state index in [0.29, 0.717) is 5.95 Å². The van der Waals surface area contributed by atoms with Crippen molar-refractivity contribution < 1.29 is 4.74 Å². The summed E-state index contributed by atoms with van der Waals surface area (Å²) in [6.45, 7) is 5.44. The molecule has 1 unspecified atom stereocenters. The molecule has 1 aromatic heterocycles. The standard InChI is InChI=1S/C12H22N6O/c1-9(8-18-6-4-3-5-7-18)14-11-15-10(13)16-12(17-11)19-2/h9H,3-8H2,1-2H3,(H3,13,14,15,16,17). The lowest BCUT2D eigenvalue weighted by Crippen LogP contribution is -2.38. The molecule has 1 atom stereocenters. The van der Waals surface area contributed by atoms with Crippen molar-refractivity contribution in [2.75, 3.05) is 37.8 Å². The summed E-state index contributed by atoms with van der Waals surface area (Å²) >= 11 is 0. The first kappa shape index (κ1) is 13.8. The quantitative estimate of drug-likeness (QED) is 0.812. The molecule has 106 valence electrons. The third-order valence-electron chi connectivity index (χ3n) is 3.17. The van der Waals surface area contributed by atoms with Crippen LogP contribution in [0.15, 0.2) is 0 Å². The summed E-state index contributed by atoms with van der Waals surface area (Å²) in [5.74, 6) is 0.633. The van der Waals surface area contributed by atoms with E-state index < -0.39 is 0 Å². The molecule has 0 saturated carbocycles. The maximum absolute atomic E-state index is 5.60. The highest BCUT2D eigenvalue weighted by Gasteiger charge is 2.14. The minimum Gasteiger partial charge on any atom is -0.467 e. The van der Waals surface area contributed by atoms with E-state index in [1.165, 1.54) is 39.5 Å². The number of nitrogen functional groups attached to an aromatic ring is 1. The van der Waals surface area contributed by atoms with Gasteiger partial charge in [-0.25, -0.2) is 0 Å². The summed E-state index contributed by atoms with van der Waals surface area (Å²) in [5.41, 5.74) is 5.60. The molecule has 0 amide bonds. The molecule has 1 aliphatic heterocycles. The maximum Gasteiger partial charge on any atom is 0.322 e. The normalized spacial score (nSPS) is 18.0. The molecule has 0 bridgehead atoms. The SMILES string of the molecule is COc1nc(N)nc(NC(C)CN2CCCCC2)n1. The summed E-state index contributed by atoms with van der Waals surface area (Å²) in [6, 6.07) is 0.491. The van der Waals surface area contributed by atoms with Crippen molar-refractivity contribution in [1.29, 1.82) is 0 Å². The van der Waals surface area contributed by atoms with Gasteiger partial charge in [-0.15, -0.1) is 0 Å². The Hall–Kier alpha value is -1.63. The summed E-state index contributed by atoms with van der Waals surface area (Å²) < 4.78 is 4.97. The third-order valence-corrected chi connectivity index (χ3v) is 3.17. The van der Waals surface area contributed by atoms with E-state index in [0.717, 1.165) is 6.54 Å². The molecular weight excluding hydrogens is 244 g/mol. The Bertz CT molecular complexity index is 407. The molecule has 0 aromatic carbocycles. The van der Waals surface area contributed by atoms with E-state index >= 15 is 0 Å². The summed E-state index contributed by atoms with van der Waals surface area (Å²) in [7, 11) is 1.51. The van der Waals surface area contributed by atoms with E-state index in [2.05, 4.69) is 32.1 Å². The second kappa shape index (κ2) is 6.51. The highest BCUT2D eigenvalue weighted by Crippen LogP contribution is 2.12. The van der Waals surface area contributed by atoms with Crippen molar-refractivity contribution in [2.24, 2.45) is 0 Å². The fourth-order valence-corrected chi connectivity index (χ4v) is 2.32. The third kappa shape index (κ3) is 4.20. The van der Waals surface area contributed by atoms with Crippen LogP contribution in [0.3, 0.4) is 0 Å². The van der Waals surface area contributed by atoms with Crippen LogP contribution in [0.5, 0.6) is 6.01 Å². The van der Waals surface area contributed by atoms with Crippen LogP contribution in [-0.4, -0.2) is 52.6 Å². The fraction of sp³-hybridized carbons (Fsp3) is 0.750. The monoisotopic (exact) mass is 266 g/mol. The first-order valence-corrected chi connectivity index (χ1v) is 6.72. The van der Waals surface area contributed by atoms with Crippen LogP contribution in [0.25, 0.3) is 0 Å². The molecule has 0 radical (unpaired) electrons. The summed E-state index contributed by atoms with van der Waals surface area (Å²) in [6.07, 6.45) is 3.93. The van der Waals surface area contributed by atoms with Crippen LogP contribution < -0.4 is 15.8 Å². The molecule has 0 spiro atoms. The molecule has 7 nitrogen and oxygen atoms in total. The fourth-order valence-electron chi connectivity index (χ4n) is 2.32. The van der Waals surface area contributed by atoms with Gasteiger partial charge in [0.05, 0.1) is 7.11 Å². The Morgan fingerprint density at radius 3 is 2.68 bits per heavy atom.